The average Bonchev–Trinajstić information content (AvgIpc) is 2.54. The monoisotopic (exact) mass is 313 g/mol. The molecule has 4 N–H and O–H groups in total. The first kappa shape index (κ1) is 16.5. The summed E-state index contributed by atoms with van der Waals surface area (Å²) >= 11 is 0. The number of nitrogens with two attached hydrogens (primary N) is 1. The van der Waals surface area contributed by atoms with Gasteiger partial charge in [-0.1, -0.05) is 30.3 Å². The maximum Gasteiger partial charge on any atom is 0.318 e. The third-order valence-corrected chi connectivity index (χ3v) is 3.19. The minimum absolute atomic E-state index is 0.00632. The lowest BCUT2D eigenvalue weighted by atomic mass is 10.1. The van der Waals surface area contributed by atoms with Gasteiger partial charge in [-0.15, -0.1) is 0 Å². The Morgan fingerprint density at radius 1 is 1.04 bits per heavy atom. The predicted octanol–water partition coefficient (Wildman–Crippen LogP) is 2.32. The highest BCUT2D eigenvalue weighted by molar-refractivity contribution is 5.94. The Labute approximate surface area is 134 Å². The van der Waals surface area contributed by atoms with Gasteiger partial charge in [-0.05, 0) is 36.8 Å². The molecule has 0 radical (unpaired) electrons. The molecule has 0 aliphatic carbocycles. The number of carbonyl (C=O) groups is 2. The van der Waals surface area contributed by atoms with Crippen LogP contribution in [-0.4, -0.2) is 18.5 Å². The number of carbonyl (C=O) groups excluding carboxylic acids is 2. The van der Waals surface area contributed by atoms with Crippen LogP contribution in [0.15, 0.2) is 54.6 Å². The van der Waals surface area contributed by atoms with E-state index in [4.69, 9.17) is 10.5 Å². The quantitative estimate of drug-likeness (QED) is 0.763. The van der Waals surface area contributed by atoms with Crippen LogP contribution in [-0.2, 0) is 4.79 Å². The highest BCUT2D eigenvalue weighted by atomic mass is 16.5. The SMILES string of the molecule is CC(NCC(=O)NC(N)=O)c1ccc(Oc2ccccc2)cc1. The zero-order valence-corrected chi connectivity index (χ0v) is 12.8. The van der Waals surface area contributed by atoms with Crippen molar-refractivity contribution < 1.29 is 14.3 Å². The molecule has 120 valence electrons. The number of benzene rings is 2. The molecular weight excluding hydrogens is 294 g/mol. The maximum atomic E-state index is 11.4. The molecule has 23 heavy (non-hydrogen) atoms. The number of para-hydroxylation sites is 1. The van der Waals surface area contributed by atoms with Crippen molar-refractivity contribution in [2.45, 2.75) is 13.0 Å². The van der Waals surface area contributed by atoms with Crippen LogP contribution in [0.5, 0.6) is 11.5 Å². The first-order valence-electron chi connectivity index (χ1n) is 7.20. The number of primary amides is 1. The standard InChI is InChI=1S/C17H19N3O3/c1-12(19-11-16(21)20-17(18)22)13-7-9-15(10-8-13)23-14-5-3-2-4-6-14/h2-10,12,19H,11H2,1H3,(H3,18,20,21,22). The van der Waals surface area contributed by atoms with Crippen molar-refractivity contribution in [1.82, 2.24) is 10.6 Å². The fourth-order valence-electron chi connectivity index (χ4n) is 1.99. The predicted molar refractivity (Wildman–Crippen MR) is 87.1 cm³/mol. The van der Waals surface area contributed by atoms with Gasteiger partial charge in [0.2, 0.25) is 5.91 Å². The Morgan fingerprint density at radius 2 is 1.65 bits per heavy atom. The van der Waals surface area contributed by atoms with Crippen LogP contribution in [0.2, 0.25) is 0 Å². The number of urea groups is 1. The summed E-state index contributed by atoms with van der Waals surface area (Å²) in [6.07, 6.45) is 0. The van der Waals surface area contributed by atoms with Crippen LogP contribution in [0.1, 0.15) is 18.5 Å². The molecule has 0 saturated carbocycles. The van der Waals surface area contributed by atoms with Crippen LogP contribution < -0.4 is 21.1 Å². The number of hydrogen-bond donors (Lipinski definition) is 3. The third kappa shape index (κ3) is 5.44. The maximum absolute atomic E-state index is 11.4. The smallest absolute Gasteiger partial charge is 0.318 e. The molecule has 6 heteroatoms. The molecule has 0 fully saturated rings. The first-order valence-corrected chi connectivity index (χ1v) is 7.20. The summed E-state index contributed by atoms with van der Waals surface area (Å²) in [7, 11) is 0. The average molecular weight is 313 g/mol. The second-order valence-electron chi connectivity index (χ2n) is 5.00. The minimum Gasteiger partial charge on any atom is -0.457 e. The van der Waals surface area contributed by atoms with Crippen molar-refractivity contribution in [1.29, 1.82) is 0 Å². The molecule has 0 bridgehead atoms. The van der Waals surface area contributed by atoms with Crippen LogP contribution in [0.4, 0.5) is 4.79 Å². The topological polar surface area (TPSA) is 93.5 Å². The lowest BCUT2D eigenvalue weighted by Crippen LogP contribution is -2.41. The van der Waals surface area contributed by atoms with Crippen LogP contribution in [0, 0.1) is 0 Å². The van der Waals surface area contributed by atoms with E-state index in [0.29, 0.717) is 0 Å². The Kier molecular flexibility index (Phi) is 5.71. The molecule has 0 saturated heterocycles. The number of ether oxygens (including phenoxy) is 1. The summed E-state index contributed by atoms with van der Waals surface area (Å²) in [5.74, 6) is 1.04. The zero-order valence-electron chi connectivity index (χ0n) is 12.8. The number of hydrogen-bond acceptors (Lipinski definition) is 4. The summed E-state index contributed by atoms with van der Waals surface area (Å²) in [5, 5.41) is 5.02. The third-order valence-electron chi connectivity index (χ3n) is 3.19. The van der Waals surface area contributed by atoms with Gasteiger partial charge >= 0.3 is 6.03 Å². The van der Waals surface area contributed by atoms with Crippen LogP contribution >= 0.6 is 0 Å². The number of amides is 3. The van der Waals surface area contributed by atoms with E-state index in [9.17, 15) is 9.59 Å². The molecule has 6 nitrogen and oxygen atoms in total. The van der Waals surface area contributed by atoms with Gasteiger partial charge in [0.15, 0.2) is 0 Å². The Balaban J connectivity index is 1.88. The molecule has 0 aliphatic rings. The molecule has 0 aliphatic heterocycles. The summed E-state index contributed by atoms with van der Waals surface area (Å²) in [6, 6.07) is 16.2. The van der Waals surface area contributed by atoms with Crippen molar-refractivity contribution in [2.24, 2.45) is 5.73 Å². The van der Waals surface area contributed by atoms with Crippen LogP contribution in [0.25, 0.3) is 0 Å². The van der Waals surface area contributed by atoms with E-state index in [1.54, 1.807) is 0 Å². The Hall–Kier alpha value is -2.86. The summed E-state index contributed by atoms with van der Waals surface area (Å²) in [6.45, 7) is 1.93. The lowest BCUT2D eigenvalue weighted by Gasteiger charge is -2.14. The second-order valence-corrected chi connectivity index (χ2v) is 5.00. The van der Waals surface area contributed by atoms with Gasteiger partial charge < -0.3 is 15.8 Å². The molecule has 1 unspecified atom stereocenters. The lowest BCUT2D eigenvalue weighted by molar-refractivity contribution is -0.119. The van der Waals surface area contributed by atoms with Gasteiger partial charge in [0.25, 0.3) is 0 Å². The molecule has 0 aromatic heterocycles. The van der Waals surface area contributed by atoms with Crippen molar-refractivity contribution in [3.63, 3.8) is 0 Å². The van der Waals surface area contributed by atoms with Gasteiger partial charge in [0, 0.05) is 6.04 Å². The minimum atomic E-state index is -0.855. The fourth-order valence-corrected chi connectivity index (χ4v) is 1.99. The second kappa shape index (κ2) is 7.95. The van der Waals surface area contributed by atoms with Crippen molar-refractivity contribution >= 4 is 11.9 Å². The highest BCUT2D eigenvalue weighted by Gasteiger charge is 2.09. The molecule has 1 atom stereocenters. The largest absolute Gasteiger partial charge is 0.457 e. The first-order chi connectivity index (χ1) is 11.0. The van der Waals surface area contributed by atoms with Crippen molar-refractivity contribution in [3.8, 4) is 11.5 Å². The molecular formula is C17H19N3O3. The van der Waals surface area contributed by atoms with Crippen LogP contribution in [0.3, 0.4) is 0 Å². The van der Waals surface area contributed by atoms with Crippen molar-refractivity contribution in [2.75, 3.05) is 6.54 Å². The molecule has 0 spiro atoms. The zero-order chi connectivity index (χ0) is 16.7. The molecule has 2 rings (SSSR count). The highest BCUT2D eigenvalue weighted by Crippen LogP contribution is 2.23. The van der Waals surface area contributed by atoms with Gasteiger partial charge in [0.05, 0.1) is 6.54 Å². The number of nitrogens with one attached hydrogen (secondary N) is 2. The number of imide groups is 1. The Bertz CT molecular complexity index is 657. The normalized spacial score (nSPS) is 11.5. The summed E-state index contributed by atoms with van der Waals surface area (Å²) < 4.78 is 5.72. The van der Waals surface area contributed by atoms with Gasteiger partial charge in [0.1, 0.15) is 11.5 Å². The van der Waals surface area contributed by atoms with E-state index in [2.05, 4.69) is 5.32 Å². The van der Waals surface area contributed by atoms with E-state index < -0.39 is 11.9 Å². The van der Waals surface area contributed by atoms with E-state index >= 15 is 0 Å². The fraction of sp³-hybridized carbons (Fsp3) is 0.176. The van der Waals surface area contributed by atoms with Gasteiger partial charge in [-0.2, -0.15) is 0 Å². The van der Waals surface area contributed by atoms with E-state index in [0.717, 1.165) is 17.1 Å². The molecule has 2 aromatic carbocycles. The van der Waals surface area contributed by atoms with Gasteiger partial charge in [-0.25, -0.2) is 4.79 Å². The summed E-state index contributed by atoms with van der Waals surface area (Å²) in [4.78, 5) is 21.9. The van der Waals surface area contributed by atoms with E-state index in [1.807, 2.05) is 66.8 Å². The number of rotatable bonds is 6. The van der Waals surface area contributed by atoms with Gasteiger partial charge in [-0.3, -0.25) is 10.1 Å². The van der Waals surface area contributed by atoms with Crippen molar-refractivity contribution in [3.05, 3.63) is 60.2 Å². The molecule has 2 aromatic rings. The summed E-state index contributed by atoms with van der Waals surface area (Å²) in [5.41, 5.74) is 5.88. The Morgan fingerprint density at radius 3 is 2.26 bits per heavy atom. The molecule has 3 amide bonds. The molecule has 0 heterocycles. The van der Waals surface area contributed by atoms with E-state index in [-0.39, 0.29) is 12.6 Å². The van der Waals surface area contributed by atoms with E-state index in [1.165, 1.54) is 0 Å².